The van der Waals surface area contributed by atoms with E-state index in [1.54, 1.807) is 0 Å². The van der Waals surface area contributed by atoms with E-state index in [0.717, 1.165) is 24.3 Å². The molecule has 1 saturated carbocycles. The predicted molar refractivity (Wildman–Crippen MR) is 36.6 cm³/mol. The van der Waals surface area contributed by atoms with Crippen LogP contribution in [-0.2, 0) is 0 Å². The quantitative estimate of drug-likeness (QED) is 0.491. The second kappa shape index (κ2) is 1.84. The summed E-state index contributed by atoms with van der Waals surface area (Å²) in [6, 6.07) is 0. The van der Waals surface area contributed by atoms with E-state index in [-0.39, 0.29) is 0 Å². The Kier molecular flexibility index (Phi) is 1.12. The van der Waals surface area contributed by atoms with Gasteiger partial charge in [-0.3, -0.25) is 0 Å². The summed E-state index contributed by atoms with van der Waals surface area (Å²) in [6.07, 6.45) is 7.63. The van der Waals surface area contributed by atoms with Gasteiger partial charge in [-0.05, 0) is 24.7 Å². The van der Waals surface area contributed by atoms with Crippen molar-refractivity contribution in [2.45, 2.75) is 12.8 Å². The summed E-state index contributed by atoms with van der Waals surface area (Å²) in [5, 5.41) is 0. The highest BCUT2D eigenvalue weighted by Gasteiger charge is 2.35. The third kappa shape index (κ3) is 0.715. The molecule has 3 atom stereocenters. The van der Waals surface area contributed by atoms with Gasteiger partial charge in [0.25, 0.3) is 0 Å². The van der Waals surface area contributed by atoms with Gasteiger partial charge >= 0.3 is 0 Å². The third-order valence-corrected chi connectivity index (χ3v) is 2.79. The van der Waals surface area contributed by atoms with Gasteiger partial charge in [-0.15, -0.1) is 0 Å². The Morgan fingerprint density at radius 2 is 2.22 bits per heavy atom. The number of allylic oxidation sites excluding steroid dienone is 2. The molecular formula is C8H14N+. The first-order valence-corrected chi connectivity index (χ1v) is 3.87. The fourth-order valence-electron chi connectivity index (χ4n) is 2.23. The summed E-state index contributed by atoms with van der Waals surface area (Å²) in [5.41, 5.74) is 3.95. The molecular weight excluding hydrogens is 110 g/mol. The minimum Gasteiger partial charge on any atom is -0.357 e. The van der Waals surface area contributed by atoms with Gasteiger partial charge in [0.1, 0.15) is 0 Å². The van der Waals surface area contributed by atoms with Crippen molar-refractivity contribution >= 4 is 0 Å². The van der Waals surface area contributed by atoms with Crippen molar-refractivity contribution in [3.8, 4) is 0 Å². The summed E-state index contributed by atoms with van der Waals surface area (Å²) in [5.74, 6) is 2.77. The molecule has 2 bridgehead atoms. The Morgan fingerprint density at radius 1 is 1.33 bits per heavy atom. The molecule has 0 aliphatic heterocycles. The molecule has 2 aliphatic carbocycles. The predicted octanol–water partition coefficient (Wildman–Crippen LogP) is 0.440. The lowest BCUT2D eigenvalue weighted by Crippen LogP contribution is -2.54. The third-order valence-electron chi connectivity index (χ3n) is 2.79. The van der Waals surface area contributed by atoms with Gasteiger partial charge in [-0.2, -0.15) is 0 Å². The second-order valence-corrected chi connectivity index (χ2v) is 3.33. The fraction of sp³-hybridized carbons (Fsp3) is 0.750. The fourth-order valence-corrected chi connectivity index (χ4v) is 2.23. The van der Waals surface area contributed by atoms with Crippen LogP contribution in [0.5, 0.6) is 0 Å². The summed E-state index contributed by atoms with van der Waals surface area (Å²) in [4.78, 5) is 0. The minimum absolute atomic E-state index is 0.910. The van der Waals surface area contributed by atoms with Crippen molar-refractivity contribution in [1.82, 2.24) is 0 Å². The molecule has 0 unspecified atom stereocenters. The Labute approximate surface area is 55.9 Å². The number of quaternary nitrogens is 1. The highest BCUT2D eigenvalue weighted by Crippen LogP contribution is 2.42. The normalized spacial score (nSPS) is 46.6. The maximum atomic E-state index is 3.95. The molecule has 1 fully saturated rings. The van der Waals surface area contributed by atoms with Crippen molar-refractivity contribution in [2.24, 2.45) is 17.8 Å². The van der Waals surface area contributed by atoms with Gasteiger partial charge in [-0.1, -0.05) is 12.2 Å². The lowest BCUT2D eigenvalue weighted by molar-refractivity contribution is -0.380. The molecule has 50 valence electrons. The van der Waals surface area contributed by atoms with E-state index < -0.39 is 0 Å². The number of rotatable bonds is 1. The maximum Gasteiger partial charge on any atom is 0.0774 e. The molecule has 0 spiro atoms. The van der Waals surface area contributed by atoms with Gasteiger partial charge in [0.05, 0.1) is 6.54 Å². The summed E-state index contributed by atoms with van der Waals surface area (Å²) >= 11 is 0. The van der Waals surface area contributed by atoms with Gasteiger partial charge < -0.3 is 5.73 Å². The molecule has 9 heavy (non-hydrogen) atoms. The molecule has 0 amide bonds. The molecule has 0 radical (unpaired) electrons. The van der Waals surface area contributed by atoms with E-state index >= 15 is 0 Å². The SMILES string of the molecule is [NH3+]C[C@H]1C[C@H]2C=C[C@@H]1C2. The van der Waals surface area contributed by atoms with Crippen LogP contribution in [0.15, 0.2) is 12.2 Å². The van der Waals surface area contributed by atoms with E-state index in [0.29, 0.717) is 0 Å². The molecule has 0 heterocycles. The highest BCUT2D eigenvalue weighted by molar-refractivity contribution is 5.09. The van der Waals surface area contributed by atoms with E-state index in [1.807, 2.05) is 0 Å². The zero-order valence-corrected chi connectivity index (χ0v) is 5.72. The average Bonchev–Trinajstić information content (AvgIpc) is 2.45. The van der Waals surface area contributed by atoms with E-state index in [1.165, 1.54) is 12.8 Å². The van der Waals surface area contributed by atoms with Gasteiger partial charge in [0.2, 0.25) is 0 Å². The van der Waals surface area contributed by atoms with Crippen LogP contribution in [0.2, 0.25) is 0 Å². The standard InChI is InChI=1S/C8H13N/c9-5-8-4-6-1-2-7(8)3-6/h1-2,6-8H,3-5,9H2/p+1/t6-,7+,8+/m0/s1. The summed E-state index contributed by atoms with van der Waals surface area (Å²) < 4.78 is 0. The van der Waals surface area contributed by atoms with Crippen molar-refractivity contribution in [2.75, 3.05) is 6.54 Å². The van der Waals surface area contributed by atoms with Gasteiger partial charge in [0.15, 0.2) is 0 Å². The van der Waals surface area contributed by atoms with Crippen LogP contribution in [0, 0.1) is 17.8 Å². The molecule has 1 nitrogen and oxygen atoms in total. The van der Waals surface area contributed by atoms with E-state index in [9.17, 15) is 0 Å². The molecule has 0 saturated heterocycles. The van der Waals surface area contributed by atoms with Crippen LogP contribution >= 0.6 is 0 Å². The van der Waals surface area contributed by atoms with Crippen LogP contribution in [0.3, 0.4) is 0 Å². The van der Waals surface area contributed by atoms with E-state index in [4.69, 9.17) is 0 Å². The van der Waals surface area contributed by atoms with Gasteiger partial charge in [-0.25, -0.2) is 0 Å². The monoisotopic (exact) mass is 124 g/mol. The van der Waals surface area contributed by atoms with Crippen LogP contribution in [-0.4, -0.2) is 6.54 Å². The summed E-state index contributed by atoms with van der Waals surface area (Å²) in [6.45, 7) is 1.14. The second-order valence-electron chi connectivity index (χ2n) is 3.33. The zero-order chi connectivity index (χ0) is 6.27. The Morgan fingerprint density at radius 3 is 2.56 bits per heavy atom. The average molecular weight is 124 g/mol. The zero-order valence-electron chi connectivity index (χ0n) is 5.72. The van der Waals surface area contributed by atoms with E-state index in [2.05, 4.69) is 17.9 Å². The number of hydrogen-bond acceptors (Lipinski definition) is 0. The molecule has 1 heteroatoms. The Hall–Kier alpha value is -0.300. The summed E-state index contributed by atoms with van der Waals surface area (Å²) in [7, 11) is 0. The molecule has 2 aliphatic rings. The molecule has 0 aromatic heterocycles. The molecule has 3 N–H and O–H groups in total. The van der Waals surface area contributed by atoms with Crippen molar-refractivity contribution in [3.63, 3.8) is 0 Å². The first-order valence-electron chi connectivity index (χ1n) is 3.87. The van der Waals surface area contributed by atoms with Gasteiger partial charge in [0, 0.05) is 5.92 Å². The van der Waals surface area contributed by atoms with Crippen LogP contribution in [0.4, 0.5) is 0 Å². The van der Waals surface area contributed by atoms with Crippen molar-refractivity contribution < 1.29 is 5.73 Å². The Balaban J connectivity index is 2.10. The smallest absolute Gasteiger partial charge is 0.0774 e. The Bertz CT molecular complexity index is 140. The maximum absolute atomic E-state index is 3.95. The first-order chi connectivity index (χ1) is 4.40. The topological polar surface area (TPSA) is 27.6 Å². The lowest BCUT2D eigenvalue weighted by Gasteiger charge is -2.11. The molecule has 0 aromatic rings. The number of fused-ring (bicyclic) bond motifs is 2. The lowest BCUT2D eigenvalue weighted by atomic mass is 9.94. The van der Waals surface area contributed by atoms with Crippen LogP contribution in [0.25, 0.3) is 0 Å². The first kappa shape index (κ1) is 5.48. The largest absolute Gasteiger partial charge is 0.357 e. The minimum atomic E-state index is 0.910. The number of hydrogen-bond donors (Lipinski definition) is 1. The highest BCUT2D eigenvalue weighted by atomic mass is 14.6. The van der Waals surface area contributed by atoms with Crippen molar-refractivity contribution in [3.05, 3.63) is 12.2 Å². The molecule has 2 rings (SSSR count). The molecule has 0 aromatic carbocycles. The van der Waals surface area contributed by atoms with Crippen LogP contribution in [0.1, 0.15) is 12.8 Å². The van der Waals surface area contributed by atoms with Crippen LogP contribution < -0.4 is 5.73 Å². The van der Waals surface area contributed by atoms with Crippen molar-refractivity contribution in [1.29, 1.82) is 0 Å².